The molecule has 8 heteroatoms. The van der Waals surface area contributed by atoms with Gasteiger partial charge < -0.3 is 9.29 Å². The molecule has 3 nitrogen and oxygen atoms in total. The van der Waals surface area contributed by atoms with Crippen LogP contribution >= 0.6 is 15.9 Å². The smallest absolute Gasteiger partial charge is 0.573 e. The molecular formula is C12H13BrF3NO2S. The standard InChI is InChI=1S/C12H13BrF3NO2S/c1-11(2,3)20(18)17-7-8-4-9(13)6-10(5-8)19-12(14,15)16/h4-7H,1-3H3/b17-7+. The molecule has 1 atom stereocenters. The Morgan fingerprint density at radius 2 is 1.85 bits per heavy atom. The number of hydrogen-bond acceptors (Lipinski definition) is 3. The summed E-state index contributed by atoms with van der Waals surface area (Å²) in [6, 6.07) is 3.90. The molecule has 1 unspecified atom stereocenters. The molecule has 0 N–H and O–H groups in total. The van der Waals surface area contributed by atoms with E-state index in [1.807, 2.05) is 0 Å². The van der Waals surface area contributed by atoms with Crippen molar-refractivity contribution in [3.63, 3.8) is 0 Å². The highest BCUT2D eigenvalue weighted by atomic mass is 79.9. The summed E-state index contributed by atoms with van der Waals surface area (Å²) in [4.78, 5) is 0. The van der Waals surface area contributed by atoms with Gasteiger partial charge in [0.2, 0.25) is 0 Å². The molecule has 0 saturated heterocycles. The Morgan fingerprint density at radius 1 is 1.25 bits per heavy atom. The summed E-state index contributed by atoms with van der Waals surface area (Å²) in [6.45, 7) is 5.25. The zero-order valence-corrected chi connectivity index (χ0v) is 13.4. The van der Waals surface area contributed by atoms with Crippen molar-refractivity contribution in [3.05, 3.63) is 28.2 Å². The zero-order valence-electron chi connectivity index (χ0n) is 11.0. The maximum Gasteiger partial charge on any atom is 0.573 e. The first-order chi connectivity index (χ1) is 8.97. The van der Waals surface area contributed by atoms with E-state index in [4.69, 9.17) is 0 Å². The predicted octanol–water partition coefficient (Wildman–Crippen LogP) is 4.23. The van der Waals surface area contributed by atoms with Gasteiger partial charge >= 0.3 is 6.36 Å². The van der Waals surface area contributed by atoms with E-state index in [1.165, 1.54) is 18.3 Å². The van der Waals surface area contributed by atoms with E-state index >= 15 is 0 Å². The fourth-order valence-corrected chi connectivity index (χ4v) is 2.14. The lowest BCUT2D eigenvalue weighted by Gasteiger charge is -2.17. The number of nitrogens with zero attached hydrogens (tertiary/aromatic N) is 1. The van der Waals surface area contributed by atoms with Crippen LogP contribution in [-0.4, -0.2) is 21.9 Å². The van der Waals surface area contributed by atoms with Crippen LogP contribution in [0.15, 0.2) is 27.1 Å². The molecule has 0 bridgehead atoms. The Balaban J connectivity index is 2.94. The molecule has 20 heavy (non-hydrogen) atoms. The maximum atomic E-state index is 12.2. The highest BCUT2D eigenvalue weighted by molar-refractivity contribution is 9.10. The SMILES string of the molecule is CC(C)(C)[S+]([O-])/N=C/c1cc(Br)cc(OC(F)(F)F)c1. The van der Waals surface area contributed by atoms with Gasteiger partial charge in [0.25, 0.3) is 0 Å². The van der Waals surface area contributed by atoms with Crippen molar-refractivity contribution in [2.24, 2.45) is 4.40 Å². The van der Waals surface area contributed by atoms with Crippen LogP contribution < -0.4 is 4.74 Å². The third-order valence-electron chi connectivity index (χ3n) is 1.95. The number of rotatable bonds is 3. The second-order valence-corrected chi connectivity index (χ2v) is 7.71. The van der Waals surface area contributed by atoms with Crippen molar-refractivity contribution < 1.29 is 22.5 Å². The molecule has 0 fully saturated rings. The van der Waals surface area contributed by atoms with Gasteiger partial charge in [-0.05, 0) is 39.0 Å². The molecule has 0 amide bonds. The van der Waals surface area contributed by atoms with Gasteiger partial charge in [-0.15, -0.1) is 13.2 Å². The second kappa shape index (κ2) is 6.36. The van der Waals surface area contributed by atoms with E-state index in [1.54, 1.807) is 26.8 Å². The van der Waals surface area contributed by atoms with Crippen molar-refractivity contribution >= 4 is 33.5 Å². The average Bonchev–Trinajstić information content (AvgIpc) is 2.21. The number of halogens is 4. The summed E-state index contributed by atoms with van der Waals surface area (Å²) in [5, 5.41) is 0. The highest BCUT2D eigenvalue weighted by Crippen LogP contribution is 2.27. The van der Waals surface area contributed by atoms with Crippen molar-refractivity contribution in [2.45, 2.75) is 31.9 Å². The van der Waals surface area contributed by atoms with Gasteiger partial charge in [-0.2, -0.15) is 0 Å². The lowest BCUT2D eigenvalue weighted by Crippen LogP contribution is -2.25. The van der Waals surface area contributed by atoms with Gasteiger partial charge in [0.1, 0.15) is 21.9 Å². The second-order valence-electron chi connectivity index (χ2n) is 4.86. The van der Waals surface area contributed by atoms with Gasteiger partial charge in [0.05, 0.1) is 6.21 Å². The lowest BCUT2D eigenvalue weighted by molar-refractivity contribution is -0.274. The Kier molecular flexibility index (Phi) is 5.51. The van der Waals surface area contributed by atoms with E-state index in [0.717, 1.165) is 0 Å². The lowest BCUT2D eigenvalue weighted by atomic mass is 10.2. The van der Waals surface area contributed by atoms with Crippen molar-refractivity contribution in [1.29, 1.82) is 0 Å². The van der Waals surface area contributed by atoms with Crippen LogP contribution in [0.1, 0.15) is 26.3 Å². The Morgan fingerprint density at radius 3 is 2.35 bits per heavy atom. The molecule has 0 aliphatic heterocycles. The minimum atomic E-state index is -4.76. The summed E-state index contributed by atoms with van der Waals surface area (Å²) in [5.74, 6) is -0.366. The van der Waals surface area contributed by atoms with Crippen molar-refractivity contribution in [2.75, 3.05) is 0 Å². The molecule has 1 rings (SSSR count). The Hall–Kier alpha value is -0.730. The fourth-order valence-electron chi connectivity index (χ4n) is 1.12. The molecular weight excluding hydrogens is 359 g/mol. The number of hydrogen-bond donors (Lipinski definition) is 0. The van der Waals surface area contributed by atoms with E-state index in [2.05, 4.69) is 25.1 Å². The monoisotopic (exact) mass is 371 g/mol. The summed E-state index contributed by atoms with van der Waals surface area (Å²) in [7, 11) is 0. The topological polar surface area (TPSA) is 44.7 Å². The molecule has 0 spiro atoms. The van der Waals surface area contributed by atoms with Gasteiger partial charge in [0.15, 0.2) is 0 Å². The fraction of sp³-hybridized carbons (Fsp3) is 0.417. The largest absolute Gasteiger partial charge is 0.591 e. The van der Waals surface area contributed by atoms with Crippen molar-refractivity contribution in [3.8, 4) is 5.75 Å². The molecule has 0 saturated carbocycles. The maximum absolute atomic E-state index is 12.2. The first kappa shape index (κ1) is 17.3. The molecule has 0 aliphatic carbocycles. The molecule has 112 valence electrons. The Labute approximate surface area is 126 Å². The average molecular weight is 372 g/mol. The van der Waals surface area contributed by atoms with Crippen LogP contribution in [0.3, 0.4) is 0 Å². The van der Waals surface area contributed by atoms with Gasteiger partial charge in [-0.25, -0.2) is 0 Å². The van der Waals surface area contributed by atoms with Crippen LogP contribution in [0, 0.1) is 0 Å². The van der Waals surface area contributed by atoms with Crippen LogP contribution in [0.4, 0.5) is 13.2 Å². The van der Waals surface area contributed by atoms with Crippen LogP contribution in [0.25, 0.3) is 0 Å². The molecule has 0 aliphatic rings. The summed E-state index contributed by atoms with van der Waals surface area (Å²) < 4.78 is 55.7. The van der Waals surface area contributed by atoms with Crippen LogP contribution in [-0.2, 0) is 11.4 Å². The van der Waals surface area contributed by atoms with Crippen LogP contribution in [0.5, 0.6) is 5.75 Å². The predicted molar refractivity (Wildman–Crippen MR) is 76.3 cm³/mol. The summed E-state index contributed by atoms with van der Waals surface area (Å²) in [6.07, 6.45) is -3.50. The van der Waals surface area contributed by atoms with Crippen LogP contribution in [0.2, 0.25) is 0 Å². The number of ether oxygens (including phenoxy) is 1. The molecule has 1 aromatic carbocycles. The normalized spacial score (nSPS) is 14.6. The summed E-state index contributed by atoms with van der Waals surface area (Å²) in [5.41, 5.74) is 0.358. The highest BCUT2D eigenvalue weighted by Gasteiger charge is 2.31. The first-order valence-electron chi connectivity index (χ1n) is 5.50. The van der Waals surface area contributed by atoms with Gasteiger partial charge in [0, 0.05) is 10.0 Å². The first-order valence-corrected chi connectivity index (χ1v) is 7.40. The molecule has 0 aromatic heterocycles. The van der Waals surface area contributed by atoms with Gasteiger partial charge in [-0.3, -0.25) is 0 Å². The zero-order chi connectivity index (χ0) is 15.6. The molecule has 0 radical (unpaired) electrons. The third-order valence-corrected chi connectivity index (χ3v) is 3.75. The minimum Gasteiger partial charge on any atom is -0.591 e. The third kappa shape index (κ3) is 6.15. The summed E-state index contributed by atoms with van der Waals surface area (Å²) >= 11 is 1.60. The van der Waals surface area contributed by atoms with Crippen molar-refractivity contribution in [1.82, 2.24) is 0 Å². The number of benzene rings is 1. The van der Waals surface area contributed by atoms with E-state index in [9.17, 15) is 17.7 Å². The molecule has 1 aromatic rings. The number of alkyl halides is 3. The van der Waals surface area contributed by atoms with E-state index in [-0.39, 0.29) is 5.75 Å². The Bertz CT molecular complexity index is 500. The quantitative estimate of drug-likeness (QED) is 0.589. The van der Waals surface area contributed by atoms with E-state index < -0.39 is 22.5 Å². The minimum absolute atomic E-state index is 0.358. The van der Waals surface area contributed by atoms with Gasteiger partial charge in [-0.1, -0.05) is 20.3 Å². The molecule has 0 heterocycles. The van der Waals surface area contributed by atoms with E-state index in [0.29, 0.717) is 10.0 Å².